The molecule has 1 heterocycles. The van der Waals surface area contributed by atoms with Gasteiger partial charge in [-0.25, -0.2) is 0 Å². The van der Waals surface area contributed by atoms with Gasteiger partial charge < -0.3 is 15.5 Å². The number of benzene rings is 1. The molecule has 4 heteroatoms. The van der Waals surface area contributed by atoms with E-state index in [0.717, 1.165) is 11.3 Å². The van der Waals surface area contributed by atoms with Crippen LogP contribution in [0, 0.1) is 0 Å². The Morgan fingerprint density at radius 3 is 2.50 bits per heavy atom. The Balaban J connectivity index is 2.27. The summed E-state index contributed by atoms with van der Waals surface area (Å²) in [7, 11) is 0. The van der Waals surface area contributed by atoms with Crippen LogP contribution < -0.4 is 11.1 Å². The number of primary amides is 1. The van der Waals surface area contributed by atoms with E-state index in [4.69, 9.17) is 10.2 Å². The fourth-order valence-electron chi connectivity index (χ4n) is 1.88. The van der Waals surface area contributed by atoms with E-state index in [1.807, 2.05) is 47.8 Å². The second-order valence-corrected chi connectivity index (χ2v) is 4.29. The van der Waals surface area contributed by atoms with Crippen LogP contribution >= 0.6 is 0 Å². The molecular weight excluding hydrogens is 228 g/mol. The van der Waals surface area contributed by atoms with Crippen LogP contribution in [0.25, 0.3) is 0 Å². The van der Waals surface area contributed by atoms with Gasteiger partial charge in [0, 0.05) is 5.56 Å². The molecule has 0 saturated heterocycles. The minimum absolute atomic E-state index is 0.0521. The Morgan fingerprint density at radius 1 is 1.22 bits per heavy atom. The second kappa shape index (κ2) is 5.51. The summed E-state index contributed by atoms with van der Waals surface area (Å²) in [4.78, 5) is 11.2. The number of carbonyl (C=O) groups excluding carboxylic acids is 1. The van der Waals surface area contributed by atoms with Gasteiger partial charge in [0.2, 0.25) is 0 Å². The molecule has 1 amide bonds. The molecule has 0 bridgehead atoms. The molecule has 4 nitrogen and oxygen atoms in total. The molecule has 4 N–H and O–H groups in total. The normalized spacial score (nSPS) is 14.1. The lowest BCUT2D eigenvalue weighted by Gasteiger charge is -2.16. The van der Waals surface area contributed by atoms with Gasteiger partial charge in [-0.05, 0) is 19.1 Å². The summed E-state index contributed by atoms with van der Waals surface area (Å²) in [5.74, 6) is 0.483. The molecule has 1 aromatic carbocycles. The molecule has 0 aliphatic heterocycles. The van der Waals surface area contributed by atoms with E-state index in [0.29, 0.717) is 0 Å². The lowest BCUT2D eigenvalue weighted by atomic mass is 10.0. The number of rotatable bonds is 5. The number of carbonyl (C=O) groups is 1. The Morgan fingerprint density at radius 2 is 1.94 bits per heavy atom. The van der Waals surface area contributed by atoms with Gasteiger partial charge in [0.1, 0.15) is 0 Å². The zero-order valence-electron chi connectivity index (χ0n) is 10.2. The predicted octanol–water partition coefficient (Wildman–Crippen LogP) is 0.806. The summed E-state index contributed by atoms with van der Waals surface area (Å²) >= 11 is 0. The molecule has 94 valence electrons. The molecule has 0 aliphatic rings. The van der Waals surface area contributed by atoms with Crippen molar-refractivity contribution in [3.63, 3.8) is 0 Å². The van der Waals surface area contributed by atoms with Crippen LogP contribution in [0.5, 0.6) is 0 Å². The van der Waals surface area contributed by atoms with Crippen LogP contribution in [0.2, 0.25) is 0 Å². The molecule has 0 unspecified atom stereocenters. The van der Waals surface area contributed by atoms with Crippen molar-refractivity contribution in [2.75, 3.05) is 0 Å². The Kier molecular flexibility index (Phi) is 3.79. The smallest absolute Gasteiger partial charge is 0.275 e. The first-order valence-electron chi connectivity index (χ1n) is 5.91. The van der Waals surface area contributed by atoms with E-state index in [1.165, 1.54) is 0 Å². The first-order valence-corrected chi connectivity index (χ1v) is 5.91. The third-order valence-corrected chi connectivity index (χ3v) is 2.94. The number of hydrogen-bond donors (Lipinski definition) is 2. The summed E-state index contributed by atoms with van der Waals surface area (Å²) in [5.41, 5.74) is 6.40. The first kappa shape index (κ1) is 12.4. The molecule has 0 spiro atoms. The average Bonchev–Trinajstić information content (AvgIpc) is 2.90. The molecule has 0 saturated carbocycles. The summed E-state index contributed by atoms with van der Waals surface area (Å²) in [5, 5.41) is 1.91. The van der Waals surface area contributed by atoms with Crippen LogP contribution in [-0.2, 0) is 4.79 Å². The minimum atomic E-state index is -0.331. The van der Waals surface area contributed by atoms with E-state index in [1.54, 1.807) is 13.2 Å². The van der Waals surface area contributed by atoms with Gasteiger partial charge in [-0.3, -0.25) is 4.79 Å². The molecular formula is C14H17N2O2+. The maximum atomic E-state index is 11.2. The van der Waals surface area contributed by atoms with E-state index in [-0.39, 0.29) is 18.0 Å². The number of quaternary nitrogens is 1. The highest BCUT2D eigenvalue weighted by atomic mass is 16.3. The lowest BCUT2D eigenvalue weighted by Crippen LogP contribution is -2.92. The molecule has 2 aromatic rings. The number of furan rings is 1. The summed E-state index contributed by atoms with van der Waals surface area (Å²) in [6.45, 7) is 1.79. The van der Waals surface area contributed by atoms with Crippen molar-refractivity contribution in [2.45, 2.75) is 19.0 Å². The van der Waals surface area contributed by atoms with E-state index in [2.05, 4.69) is 0 Å². The minimum Gasteiger partial charge on any atom is -0.463 e. The molecule has 0 aliphatic carbocycles. The fraction of sp³-hybridized carbons (Fsp3) is 0.214. The zero-order chi connectivity index (χ0) is 13.0. The average molecular weight is 245 g/mol. The zero-order valence-corrected chi connectivity index (χ0v) is 10.2. The molecule has 2 rings (SSSR count). The molecule has 0 fully saturated rings. The highest BCUT2D eigenvalue weighted by Gasteiger charge is 2.25. The monoisotopic (exact) mass is 245 g/mol. The Labute approximate surface area is 106 Å². The summed E-state index contributed by atoms with van der Waals surface area (Å²) < 4.78 is 5.45. The molecule has 1 aromatic heterocycles. The number of amides is 1. The molecule has 18 heavy (non-hydrogen) atoms. The predicted molar refractivity (Wildman–Crippen MR) is 67.6 cm³/mol. The molecule has 0 radical (unpaired) electrons. The first-order chi connectivity index (χ1) is 8.68. The van der Waals surface area contributed by atoms with Crippen molar-refractivity contribution in [3.05, 3.63) is 60.1 Å². The maximum Gasteiger partial charge on any atom is 0.275 e. The summed E-state index contributed by atoms with van der Waals surface area (Å²) in [6, 6.07) is 13.3. The lowest BCUT2D eigenvalue weighted by molar-refractivity contribution is -0.706. The van der Waals surface area contributed by atoms with Crippen LogP contribution in [0.3, 0.4) is 0 Å². The summed E-state index contributed by atoms with van der Waals surface area (Å²) in [6.07, 6.45) is 1.63. The van der Waals surface area contributed by atoms with E-state index in [9.17, 15) is 4.79 Å². The van der Waals surface area contributed by atoms with Gasteiger partial charge in [0.05, 0.1) is 6.26 Å². The second-order valence-electron chi connectivity index (χ2n) is 4.29. The van der Waals surface area contributed by atoms with Crippen LogP contribution in [0.4, 0.5) is 0 Å². The van der Waals surface area contributed by atoms with Crippen molar-refractivity contribution in [3.8, 4) is 0 Å². The van der Waals surface area contributed by atoms with Crippen LogP contribution in [0.15, 0.2) is 53.1 Å². The van der Waals surface area contributed by atoms with E-state index < -0.39 is 0 Å². The molecule has 2 atom stereocenters. The number of hydrogen-bond acceptors (Lipinski definition) is 2. The quantitative estimate of drug-likeness (QED) is 0.818. The largest absolute Gasteiger partial charge is 0.463 e. The SMILES string of the molecule is C[C@H]([NH2+][C@H](c1ccccc1)c1ccco1)C(N)=O. The van der Waals surface area contributed by atoms with E-state index >= 15 is 0 Å². The van der Waals surface area contributed by atoms with Gasteiger partial charge in [-0.2, -0.15) is 0 Å². The van der Waals surface area contributed by atoms with Crippen molar-refractivity contribution in [2.24, 2.45) is 5.73 Å². The van der Waals surface area contributed by atoms with Gasteiger partial charge >= 0.3 is 0 Å². The van der Waals surface area contributed by atoms with Crippen LogP contribution in [-0.4, -0.2) is 11.9 Å². The Bertz CT molecular complexity index is 494. The van der Waals surface area contributed by atoms with Gasteiger partial charge in [0.15, 0.2) is 17.8 Å². The third kappa shape index (κ3) is 2.78. The number of nitrogens with two attached hydrogens (primary N) is 2. The van der Waals surface area contributed by atoms with Crippen molar-refractivity contribution in [1.29, 1.82) is 0 Å². The third-order valence-electron chi connectivity index (χ3n) is 2.94. The Hall–Kier alpha value is -2.07. The van der Waals surface area contributed by atoms with Crippen molar-refractivity contribution in [1.82, 2.24) is 0 Å². The van der Waals surface area contributed by atoms with Crippen LogP contribution in [0.1, 0.15) is 24.3 Å². The highest BCUT2D eigenvalue weighted by molar-refractivity contribution is 5.77. The maximum absolute atomic E-state index is 11.2. The highest BCUT2D eigenvalue weighted by Crippen LogP contribution is 2.18. The van der Waals surface area contributed by atoms with Gasteiger partial charge in [-0.15, -0.1) is 0 Å². The van der Waals surface area contributed by atoms with Crippen molar-refractivity contribution < 1.29 is 14.5 Å². The van der Waals surface area contributed by atoms with Crippen molar-refractivity contribution >= 4 is 5.91 Å². The standard InChI is InChI=1S/C14H16N2O2/c1-10(14(15)17)16-13(12-8-5-9-18-12)11-6-3-2-4-7-11/h2-10,13,16H,1H3,(H2,15,17)/p+1/t10-,13+/m0/s1. The fourth-order valence-corrected chi connectivity index (χ4v) is 1.88. The van der Waals surface area contributed by atoms with Gasteiger partial charge in [-0.1, -0.05) is 30.3 Å². The van der Waals surface area contributed by atoms with Gasteiger partial charge in [0.25, 0.3) is 5.91 Å². The topological polar surface area (TPSA) is 72.8 Å².